The molecule has 2 heterocycles. The monoisotopic (exact) mass is 272 g/mol. The minimum absolute atomic E-state index is 0.0798. The highest BCUT2D eigenvalue weighted by Gasteiger charge is 2.15. The SMILES string of the molecule is CCC(C)n1nc(-c2ccc3c(c2)OCO3)ccc1=O. The number of hydrogen-bond acceptors (Lipinski definition) is 4. The molecule has 1 unspecified atom stereocenters. The number of fused-ring (bicyclic) bond motifs is 1. The van der Waals surface area contributed by atoms with E-state index in [0.717, 1.165) is 23.4 Å². The Balaban J connectivity index is 2.04. The normalized spacial score (nSPS) is 14.3. The van der Waals surface area contributed by atoms with Gasteiger partial charge in [-0.15, -0.1) is 0 Å². The quantitative estimate of drug-likeness (QED) is 0.861. The third kappa shape index (κ3) is 2.15. The first kappa shape index (κ1) is 12.7. The van der Waals surface area contributed by atoms with E-state index >= 15 is 0 Å². The van der Waals surface area contributed by atoms with Gasteiger partial charge < -0.3 is 9.47 Å². The minimum atomic E-state index is -0.0798. The molecular formula is C15H16N2O3. The number of rotatable bonds is 3. The maximum Gasteiger partial charge on any atom is 0.267 e. The zero-order chi connectivity index (χ0) is 14.1. The first-order valence-electron chi connectivity index (χ1n) is 6.69. The fraction of sp³-hybridized carbons (Fsp3) is 0.333. The Kier molecular flexibility index (Phi) is 3.18. The van der Waals surface area contributed by atoms with Gasteiger partial charge in [-0.25, -0.2) is 4.68 Å². The number of ether oxygens (including phenoxy) is 2. The van der Waals surface area contributed by atoms with Crippen LogP contribution in [0.2, 0.25) is 0 Å². The van der Waals surface area contributed by atoms with Gasteiger partial charge in [0.05, 0.1) is 11.7 Å². The number of nitrogens with zero attached hydrogens (tertiary/aromatic N) is 2. The van der Waals surface area contributed by atoms with E-state index in [9.17, 15) is 4.79 Å². The fourth-order valence-corrected chi connectivity index (χ4v) is 2.12. The van der Waals surface area contributed by atoms with Crippen molar-refractivity contribution in [2.45, 2.75) is 26.3 Å². The first-order chi connectivity index (χ1) is 9.69. The summed E-state index contributed by atoms with van der Waals surface area (Å²) in [4.78, 5) is 11.8. The molecule has 104 valence electrons. The Morgan fingerprint density at radius 2 is 2.05 bits per heavy atom. The maximum absolute atomic E-state index is 11.8. The van der Waals surface area contributed by atoms with E-state index in [1.165, 1.54) is 4.68 Å². The summed E-state index contributed by atoms with van der Waals surface area (Å²) in [6, 6.07) is 9.03. The van der Waals surface area contributed by atoms with Crippen molar-refractivity contribution in [1.29, 1.82) is 0 Å². The average Bonchev–Trinajstić information content (AvgIpc) is 2.94. The second-order valence-electron chi connectivity index (χ2n) is 4.83. The second-order valence-corrected chi connectivity index (χ2v) is 4.83. The highest BCUT2D eigenvalue weighted by molar-refractivity contribution is 5.63. The Labute approximate surface area is 116 Å². The van der Waals surface area contributed by atoms with Crippen LogP contribution >= 0.6 is 0 Å². The van der Waals surface area contributed by atoms with Crippen molar-refractivity contribution in [3.8, 4) is 22.8 Å². The summed E-state index contributed by atoms with van der Waals surface area (Å²) in [5.41, 5.74) is 1.58. The summed E-state index contributed by atoms with van der Waals surface area (Å²) in [5, 5.41) is 4.45. The van der Waals surface area contributed by atoms with Gasteiger partial charge >= 0.3 is 0 Å². The lowest BCUT2D eigenvalue weighted by molar-refractivity contribution is 0.174. The van der Waals surface area contributed by atoms with E-state index in [1.807, 2.05) is 32.0 Å². The van der Waals surface area contributed by atoms with Gasteiger partial charge in [-0.3, -0.25) is 4.79 Å². The van der Waals surface area contributed by atoms with Gasteiger partial charge in [0, 0.05) is 11.6 Å². The van der Waals surface area contributed by atoms with Crippen molar-refractivity contribution in [3.63, 3.8) is 0 Å². The zero-order valence-electron chi connectivity index (χ0n) is 11.5. The molecule has 0 fully saturated rings. The molecule has 20 heavy (non-hydrogen) atoms. The van der Waals surface area contributed by atoms with Crippen LogP contribution in [0.3, 0.4) is 0 Å². The van der Waals surface area contributed by atoms with Gasteiger partial charge in [0.1, 0.15) is 0 Å². The van der Waals surface area contributed by atoms with E-state index in [4.69, 9.17) is 9.47 Å². The molecule has 1 aromatic heterocycles. The van der Waals surface area contributed by atoms with E-state index < -0.39 is 0 Å². The molecule has 1 aromatic carbocycles. The summed E-state index contributed by atoms with van der Waals surface area (Å²) in [7, 11) is 0. The summed E-state index contributed by atoms with van der Waals surface area (Å²) in [5.74, 6) is 1.45. The molecule has 0 amide bonds. The molecule has 1 aliphatic heterocycles. The lowest BCUT2D eigenvalue weighted by atomic mass is 10.1. The average molecular weight is 272 g/mol. The largest absolute Gasteiger partial charge is 0.454 e. The summed E-state index contributed by atoms with van der Waals surface area (Å²) in [6.45, 7) is 4.27. The molecule has 0 saturated carbocycles. The van der Waals surface area contributed by atoms with Crippen LogP contribution in [0.15, 0.2) is 35.1 Å². The number of aromatic nitrogens is 2. The van der Waals surface area contributed by atoms with Gasteiger partial charge in [0.15, 0.2) is 11.5 Å². The van der Waals surface area contributed by atoms with Crippen molar-refractivity contribution in [3.05, 3.63) is 40.7 Å². The molecule has 0 saturated heterocycles. The number of hydrogen-bond donors (Lipinski definition) is 0. The van der Waals surface area contributed by atoms with Gasteiger partial charge in [-0.05, 0) is 37.6 Å². The highest BCUT2D eigenvalue weighted by atomic mass is 16.7. The van der Waals surface area contributed by atoms with Gasteiger partial charge in [-0.1, -0.05) is 6.92 Å². The van der Waals surface area contributed by atoms with Crippen molar-refractivity contribution in [2.75, 3.05) is 6.79 Å². The standard InChI is InChI=1S/C15H16N2O3/c1-3-10(2)17-15(18)7-5-12(16-17)11-4-6-13-14(8-11)20-9-19-13/h4-8,10H,3,9H2,1-2H3. The van der Waals surface area contributed by atoms with Crippen LogP contribution in [0, 0.1) is 0 Å². The predicted octanol–water partition coefficient (Wildman–Crippen LogP) is 2.61. The van der Waals surface area contributed by atoms with Crippen LogP contribution in [-0.4, -0.2) is 16.6 Å². The van der Waals surface area contributed by atoms with Gasteiger partial charge in [0.2, 0.25) is 6.79 Å². The molecule has 5 heteroatoms. The van der Waals surface area contributed by atoms with Crippen molar-refractivity contribution in [2.24, 2.45) is 0 Å². The molecule has 5 nitrogen and oxygen atoms in total. The fourth-order valence-electron chi connectivity index (χ4n) is 2.12. The van der Waals surface area contributed by atoms with Crippen LogP contribution in [0.1, 0.15) is 26.3 Å². The molecular weight excluding hydrogens is 256 g/mol. The van der Waals surface area contributed by atoms with E-state index in [1.54, 1.807) is 12.1 Å². The molecule has 0 N–H and O–H groups in total. The molecule has 0 spiro atoms. The molecule has 0 radical (unpaired) electrons. The Bertz CT molecular complexity index is 694. The Morgan fingerprint density at radius 3 is 2.85 bits per heavy atom. The first-order valence-corrected chi connectivity index (χ1v) is 6.69. The lowest BCUT2D eigenvalue weighted by Crippen LogP contribution is -2.25. The Morgan fingerprint density at radius 1 is 1.25 bits per heavy atom. The van der Waals surface area contributed by atoms with Crippen LogP contribution in [0.5, 0.6) is 11.5 Å². The van der Waals surface area contributed by atoms with Crippen LogP contribution in [-0.2, 0) is 0 Å². The lowest BCUT2D eigenvalue weighted by Gasteiger charge is -2.12. The third-order valence-electron chi connectivity index (χ3n) is 3.50. The van der Waals surface area contributed by atoms with Crippen LogP contribution in [0.25, 0.3) is 11.3 Å². The number of benzene rings is 1. The molecule has 0 bridgehead atoms. The maximum atomic E-state index is 11.8. The van der Waals surface area contributed by atoms with Crippen molar-refractivity contribution in [1.82, 2.24) is 9.78 Å². The summed E-state index contributed by atoms with van der Waals surface area (Å²) < 4.78 is 12.2. The molecule has 1 atom stereocenters. The van der Waals surface area contributed by atoms with E-state index in [2.05, 4.69) is 5.10 Å². The van der Waals surface area contributed by atoms with Gasteiger partial charge in [0.25, 0.3) is 5.56 Å². The molecule has 3 rings (SSSR count). The predicted molar refractivity (Wildman–Crippen MR) is 75.1 cm³/mol. The van der Waals surface area contributed by atoms with Crippen molar-refractivity contribution >= 4 is 0 Å². The van der Waals surface area contributed by atoms with E-state index in [0.29, 0.717) is 5.75 Å². The van der Waals surface area contributed by atoms with Gasteiger partial charge in [-0.2, -0.15) is 5.10 Å². The van der Waals surface area contributed by atoms with Crippen LogP contribution < -0.4 is 15.0 Å². The summed E-state index contributed by atoms with van der Waals surface area (Å²) >= 11 is 0. The van der Waals surface area contributed by atoms with Crippen molar-refractivity contribution < 1.29 is 9.47 Å². The highest BCUT2D eigenvalue weighted by Crippen LogP contribution is 2.35. The molecule has 2 aromatic rings. The zero-order valence-corrected chi connectivity index (χ0v) is 11.5. The molecule has 0 aliphatic carbocycles. The third-order valence-corrected chi connectivity index (χ3v) is 3.50. The molecule has 1 aliphatic rings. The smallest absolute Gasteiger partial charge is 0.267 e. The summed E-state index contributed by atoms with van der Waals surface area (Å²) in [6.07, 6.45) is 0.859. The second kappa shape index (κ2) is 5.00. The van der Waals surface area contributed by atoms with Crippen LogP contribution in [0.4, 0.5) is 0 Å². The topological polar surface area (TPSA) is 53.4 Å². The Hall–Kier alpha value is -2.30. The van der Waals surface area contributed by atoms with E-state index in [-0.39, 0.29) is 18.4 Å². The minimum Gasteiger partial charge on any atom is -0.454 e.